The van der Waals surface area contributed by atoms with Crippen LogP contribution in [0.5, 0.6) is 5.75 Å². The highest BCUT2D eigenvalue weighted by Crippen LogP contribution is 2.30. The number of ether oxygens (including phenoxy) is 2. The normalized spacial score (nSPS) is 20.2. The van der Waals surface area contributed by atoms with Crippen LogP contribution in [-0.4, -0.2) is 46.6 Å². The highest BCUT2D eigenvalue weighted by atomic mass is 79.9. The van der Waals surface area contributed by atoms with Crippen LogP contribution in [0.4, 0.5) is 0 Å². The van der Waals surface area contributed by atoms with Crippen LogP contribution in [0.25, 0.3) is 0 Å². The molecular formula is C13H18BrNO4S. The van der Waals surface area contributed by atoms with E-state index in [1.54, 1.807) is 32.4 Å². The largest absolute Gasteiger partial charge is 0.496 e. The van der Waals surface area contributed by atoms with Crippen LogP contribution in [0.15, 0.2) is 27.6 Å². The zero-order valence-corrected chi connectivity index (χ0v) is 13.9. The molecule has 0 N–H and O–H groups in total. The lowest BCUT2D eigenvalue weighted by atomic mass is 10.1. The van der Waals surface area contributed by atoms with Crippen molar-refractivity contribution in [2.45, 2.75) is 11.3 Å². The molecule has 0 bridgehead atoms. The van der Waals surface area contributed by atoms with E-state index in [9.17, 15) is 8.42 Å². The summed E-state index contributed by atoms with van der Waals surface area (Å²) < 4.78 is 37.5. The van der Waals surface area contributed by atoms with Gasteiger partial charge in [-0.25, -0.2) is 8.42 Å². The number of methoxy groups -OCH3 is 2. The zero-order chi connectivity index (χ0) is 14.8. The van der Waals surface area contributed by atoms with Crippen LogP contribution in [-0.2, 0) is 14.8 Å². The van der Waals surface area contributed by atoms with E-state index in [-0.39, 0.29) is 10.8 Å². The molecule has 0 radical (unpaired) electrons. The molecule has 0 aromatic heterocycles. The molecule has 0 spiro atoms. The Morgan fingerprint density at radius 3 is 2.75 bits per heavy atom. The third-order valence-electron chi connectivity index (χ3n) is 3.41. The molecule has 1 aliphatic rings. The van der Waals surface area contributed by atoms with Crippen LogP contribution in [0.3, 0.4) is 0 Å². The van der Waals surface area contributed by atoms with Crippen molar-refractivity contribution in [3.63, 3.8) is 0 Å². The van der Waals surface area contributed by atoms with Gasteiger partial charge in [-0.05, 0) is 46.5 Å². The third-order valence-corrected chi connectivity index (χ3v) is 5.89. The van der Waals surface area contributed by atoms with E-state index >= 15 is 0 Å². The monoisotopic (exact) mass is 363 g/mol. The van der Waals surface area contributed by atoms with Gasteiger partial charge in [0, 0.05) is 20.2 Å². The van der Waals surface area contributed by atoms with E-state index < -0.39 is 10.0 Å². The number of nitrogens with zero attached hydrogens (tertiary/aromatic N) is 1. The lowest BCUT2D eigenvalue weighted by molar-refractivity contribution is 0.157. The Bertz CT molecular complexity index is 576. The van der Waals surface area contributed by atoms with Crippen molar-refractivity contribution in [2.24, 2.45) is 5.92 Å². The lowest BCUT2D eigenvalue weighted by Crippen LogP contribution is -2.29. The average molecular weight is 364 g/mol. The minimum Gasteiger partial charge on any atom is -0.496 e. The Hall–Kier alpha value is -0.630. The fourth-order valence-corrected chi connectivity index (χ4v) is 4.59. The first-order chi connectivity index (χ1) is 9.48. The van der Waals surface area contributed by atoms with E-state index in [1.807, 2.05) is 0 Å². The molecule has 0 aliphatic carbocycles. The molecule has 0 amide bonds. The second-order valence-electron chi connectivity index (χ2n) is 4.77. The number of sulfonamides is 1. The highest BCUT2D eigenvalue weighted by molar-refractivity contribution is 9.10. The first-order valence-electron chi connectivity index (χ1n) is 6.31. The number of rotatable bonds is 5. The van der Waals surface area contributed by atoms with Gasteiger partial charge < -0.3 is 9.47 Å². The van der Waals surface area contributed by atoms with Crippen molar-refractivity contribution >= 4 is 26.0 Å². The standard InChI is InChI=1S/C13H18BrNO4S/c1-18-9-10-5-6-15(8-10)20(16,17)11-3-4-13(19-2)12(14)7-11/h3-4,7,10H,5-6,8-9H2,1-2H3. The van der Waals surface area contributed by atoms with Gasteiger partial charge in [-0.3, -0.25) is 0 Å². The highest BCUT2D eigenvalue weighted by Gasteiger charge is 2.32. The second-order valence-corrected chi connectivity index (χ2v) is 7.56. The fraction of sp³-hybridized carbons (Fsp3) is 0.538. The molecule has 0 saturated carbocycles. The predicted octanol–water partition coefficient (Wildman–Crippen LogP) is 2.11. The Kier molecular flexibility index (Phi) is 5.06. The summed E-state index contributed by atoms with van der Waals surface area (Å²) in [7, 11) is -0.263. The molecule has 1 aromatic carbocycles. The van der Waals surface area contributed by atoms with Crippen LogP contribution >= 0.6 is 15.9 Å². The molecule has 2 rings (SSSR count). The van der Waals surface area contributed by atoms with E-state index in [4.69, 9.17) is 9.47 Å². The SMILES string of the molecule is COCC1CCN(S(=O)(=O)c2ccc(OC)c(Br)c2)C1. The summed E-state index contributed by atoms with van der Waals surface area (Å²) in [5.41, 5.74) is 0. The first kappa shape index (κ1) is 15.8. The maximum absolute atomic E-state index is 12.6. The summed E-state index contributed by atoms with van der Waals surface area (Å²) in [4.78, 5) is 0.281. The smallest absolute Gasteiger partial charge is 0.243 e. The first-order valence-corrected chi connectivity index (χ1v) is 8.55. The maximum Gasteiger partial charge on any atom is 0.243 e. The lowest BCUT2D eigenvalue weighted by Gasteiger charge is -2.17. The Labute approximate surface area is 128 Å². The number of halogens is 1. The van der Waals surface area contributed by atoms with E-state index in [0.717, 1.165) is 6.42 Å². The third kappa shape index (κ3) is 3.16. The molecule has 5 nitrogen and oxygen atoms in total. The Morgan fingerprint density at radius 1 is 1.40 bits per heavy atom. The van der Waals surface area contributed by atoms with Crippen LogP contribution in [0.1, 0.15) is 6.42 Å². The van der Waals surface area contributed by atoms with Crippen molar-refractivity contribution < 1.29 is 17.9 Å². The van der Waals surface area contributed by atoms with Gasteiger partial charge in [-0.1, -0.05) is 0 Å². The molecule has 1 saturated heterocycles. The molecule has 112 valence electrons. The number of hydrogen-bond acceptors (Lipinski definition) is 4. The molecule has 1 aliphatic heterocycles. The van der Waals surface area contributed by atoms with Gasteiger partial charge in [0.2, 0.25) is 10.0 Å². The molecular weight excluding hydrogens is 346 g/mol. The summed E-state index contributed by atoms with van der Waals surface area (Å²) in [5.74, 6) is 0.888. The van der Waals surface area contributed by atoms with E-state index in [1.165, 1.54) is 4.31 Å². The van der Waals surface area contributed by atoms with E-state index in [0.29, 0.717) is 29.9 Å². The molecule has 7 heteroatoms. The number of benzene rings is 1. The van der Waals surface area contributed by atoms with Gasteiger partial charge in [0.1, 0.15) is 5.75 Å². The summed E-state index contributed by atoms with van der Waals surface area (Å²) >= 11 is 3.32. The molecule has 1 fully saturated rings. The van der Waals surface area contributed by atoms with Gasteiger partial charge >= 0.3 is 0 Å². The maximum atomic E-state index is 12.6. The van der Waals surface area contributed by atoms with Crippen molar-refractivity contribution in [3.05, 3.63) is 22.7 Å². The zero-order valence-electron chi connectivity index (χ0n) is 11.5. The molecule has 1 aromatic rings. The fourth-order valence-electron chi connectivity index (χ4n) is 2.34. The molecule has 1 unspecified atom stereocenters. The molecule has 20 heavy (non-hydrogen) atoms. The van der Waals surface area contributed by atoms with Crippen molar-refractivity contribution in [3.8, 4) is 5.75 Å². The number of hydrogen-bond donors (Lipinski definition) is 0. The van der Waals surface area contributed by atoms with Crippen LogP contribution < -0.4 is 4.74 Å². The molecule has 1 atom stereocenters. The predicted molar refractivity (Wildman–Crippen MR) is 79.4 cm³/mol. The summed E-state index contributed by atoms with van der Waals surface area (Å²) in [6.45, 7) is 1.65. The van der Waals surface area contributed by atoms with Crippen molar-refractivity contribution in [2.75, 3.05) is 33.9 Å². The second kappa shape index (κ2) is 6.43. The van der Waals surface area contributed by atoms with Gasteiger partial charge in [0.25, 0.3) is 0 Å². The van der Waals surface area contributed by atoms with Crippen molar-refractivity contribution in [1.82, 2.24) is 4.31 Å². The topological polar surface area (TPSA) is 55.8 Å². The quantitative estimate of drug-likeness (QED) is 0.803. The van der Waals surface area contributed by atoms with Gasteiger partial charge in [0.05, 0.1) is 23.1 Å². The van der Waals surface area contributed by atoms with Crippen LogP contribution in [0, 0.1) is 5.92 Å². The van der Waals surface area contributed by atoms with E-state index in [2.05, 4.69) is 15.9 Å². The van der Waals surface area contributed by atoms with Crippen molar-refractivity contribution in [1.29, 1.82) is 0 Å². The van der Waals surface area contributed by atoms with Gasteiger partial charge in [-0.2, -0.15) is 4.31 Å². The summed E-state index contributed by atoms with van der Waals surface area (Å²) in [6.07, 6.45) is 0.838. The van der Waals surface area contributed by atoms with Gasteiger partial charge in [0.15, 0.2) is 0 Å². The minimum atomic E-state index is -3.45. The Morgan fingerprint density at radius 2 is 2.15 bits per heavy atom. The van der Waals surface area contributed by atoms with Gasteiger partial charge in [-0.15, -0.1) is 0 Å². The summed E-state index contributed by atoms with van der Waals surface area (Å²) in [6, 6.07) is 4.81. The Balaban J connectivity index is 2.21. The average Bonchev–Trinajstić information content (AvgIpc) is 2.88. The molecule has 1 heterocycles. The minimum absolute atomic E-state index is 0.275. The summed E-state index contributed by atoms with van der Waals surface area (Å²) in [5, 5.41) is 0. The van der Waals surface area contributed by atoms with Crippen LogP contribution in [0.2, 0.25) is 0 Å².